The van der Waals surface area contributed by atoms with Crippen molar-refractivity contribution < 1.29 is 14.3 Å². The van der Waals surface area contributed by atoms with Crippen LogP contribution in [0.4, 0.5) is 0 Å². The summed E-state index contributed by atoms with van der Waals surface area (Å²) in [5, 5.41) is 0. The summed E-state index contributed by atoms with van der Waals surface area (Å²) < 4.78 is 9.14. The van der Waals surface area contributed by atoms with E-state index < -0.39 is 5.97 Å². The minimum absolute atomic E-state index is 0.00384. The van der Waals surface area contributed by atoms with E-state index in [0.29, 0.717) is 10.4 Å². The summed E-state index contributed by atoms with van der Waals surface area (Å²) in [6.07, 6.45) is 0. The van der Waals surface area contributed by atoms with E-state index in [-0.39, 0.29) is 12.5 Å². The van der Waals surface area contributed by atoms with E-state index in [9.17, 15) is 9.59 Å². The van der Waals surface area contributed by atoms with Crippen molar-refractivity contribution in [1.29, 1.82) is 0 Å². The number of benzene rings is 2. The molecule has 3 rings (SSSR count). The molecule has 1 aromatic heterocycles. The predicted molar refractivity (Wildman–Crippen MR) is 109 cm³/mol. The van der Waals surface area contributed by atoms with Gasteiger partial charge in [-0.25, -0.2) is 0 Å². The fourth-order valence-corrected chi connectivity index (χ4v) is 4.46. The summed E-state index contributed by atoms with van der Waals surface area (Å²) in [6, 6.07) is 13.0. The zero-order valence-electron chi connectivity index (χ0n) is 13.0. The maximum Gasteiger partial charge on any atom is 0.325 e. The van der Waals surface area contributed by atoms with E-state index in [2.05, 4.69) is 43.5 Å². The van der Waals surface area contributed by atoms with E-state index in [0.717, 1.165) is 18.3 Å². The summed E-state index contributed by atoms with van der Waals surface area (Å²) in [6.45, 7) is -0.00384. The highest BCUT2D eigenvalue weighted by Crippen LogP contribution is 2.22. The molecule has 0 spiro atoms. The summed E-state index contributed by atoms with van der Waals surface area (Å²) >= 11 is 6.90. The van der Waals surface area contributed by atoms with Gasteiger partial charge in [0.25, 0.3) is 5.91 Å². The molecule has 0 bridgehead atoms. The molecule has 3 aromatic rings. The molecule has 0 radical (unpaired) electrons. The maximum atomic E-state index is 12.6. The molecular weight excluding hydrogens is 519 g/mol. The van der Waals surface area contributed by atoms with Crippen LogP contribution in [-0.2, 0) is 16.1 Å². The van der Waals surface area contributed by atoms with Crippen LogP contribution >= 0.6 is 49.9 Å². The fraction of sp³-hybridized carbons (Fsp3) is 0.118. The number of hydrogen-bond donors (Lipinski definition) is 0. The molecule has 0 aliphatic carbocycles. The SMILES string of the molecule is COC(=O)Cn1c(=NC(=O)c2ccccc2I)sc2cc(Br)ccc21. The van der Waals surface area contributed by atoms with Crippen LogP contribution < -0.4 is 4.80 Å². The van der Waals surface area contributed by atoms with Gasteiger partial charge >= 0.3 is 5.97 Å². The Kier molecular flexibility index (Phi) is 5.70. The summed E-state index contributed by atoms with van der Waals surface area (Å²) in [7, 11) is 1.34. The van der Waals surface area contributed by atoms with Crippen LogP contribution in [-0.4, -0.2) is 23.6 Å². The Balaban J connectivity index is 2.17. The highest BCUT2D eigenvalue weighted by molar-refractivity contribution is 14.1. The summed E-state index contributed by atoms with van der Waals surface area (Å²) in [5.41, 5.74) is 1.36. The van der Waals surface area contributed by atoms with Crippen LogP contribution in [0.15, 0.2) is 51.9 Å². The molecule has 25 heavy (non-hydrogen) atoms. The van der Waals surface area contributed by atoms with Crippen LogP contribution in [0.1, 0.15) is 10.4 Å². The first-order valence-corrected chi connectivity index (χ1v) is 9.87. The number of aromatic nitrogens is 1. The molecular formula is C17H12BrIN2O3S. The number of rotatable bonds is 3. The predicted octanol–water partition coefficient (Wildman–Crippen LogP) is 3.98. The van der Waals surface area contributed by atoms with E-state index in [1.54, 1.807) is 16.7 Å². The number of carbonyl (C=O) groups is 2. The van der Waals surface area contributed by atoms with Gasteiger partial charge in [-0.3, -0.25) is 9.59 Å². The van der Waals surface area contributed by atoms with Crippen LogP contribution in [0.3, 0.4) is 0 Å². The van der Waals surface area contributed by atoms with Crippen LogP contribution in [0.2, 0.25) is 0 Å². The van der Waals surface area contributed by atoms with Gasteiger partial charge in [0.05, 0.1) is 22.9 Å². The van der Waals surface area contributed by atoms with Gasteiger partial charge in [0.2, 0.25) is 0 Å². The Bertz CT molecular complexity index is 1040. The number of methoxy groups -OCH3 is 1. The van der Waals surface area contributed by atoms with E-state index in [4.69, 9.17) is 4.74 Å². The van der Waals surface area contributed by atoms with E-state index in [1.165, 1.54) is 18.4 Å². The lowest BCUT2D eigenvalue weighted by Gasteiger charge is -2.04. The Hall–Kier alpha value is -1.52. The second-order valence-corrected chi connectivity index (χ2v) is 8.14. The van der Waals surface area contributed by atoms with Crippen molar-refractivity contribution in [1.82, 2.24) is 4.57 Å². The third-order valence-corrected chi connectivity index (χ3v) is 5.94. The molecule has 0 atom stereocenters. The number of hydrogen-bond acceptors (Lipinski definition) is 4. The van der Waals surface area contributed by atoms with Gasteiger partial charge in [-0.2, -0.15) is 4.99 Å². The molecule has 0 fully saturated rings. The molecule has 5 nitrogen and oxygen atoms in total. The molecule has 1 heterocycles. The smallest absolute Gasteiger partial charge is 0.325 e. The lowest BCUT2D eigenvalue weighted by molar-refractivity contribution is -0.141. The largest absolute Gasteiger partial charge is 0.468 e. The second-order valence-electron chi connectivity index (χ2n) is 5.06. The highest BCUT2D eigenvalue weighted by Gasteiger charge is 2.13. The van der Waals surface area contributed by atoms with E-state index in [1.807, 2.05) is 30.3 Å². The van der Waals surface area contributed by atoms with Gasteiger partial charge in [0.1, 0.15) is 6.54 Å². The summed E-state index contributed by atoms with van der Waals surface area (Å²) in [5.74, 6) is -0.736. The Morgan fingerprint density at radius 3 is 2.76 bits per heavy atom. The summed E-state index contributed by atoms with van der Waals surface area (Å²) in [4.78, 5) is 29.1. The average molecular weight is 531 g/mol. The average Bonchev–Trinajstić information content (AvgIpc) is 2.91. The van der Waals surface area contributed by atoms with E-state index >= 15 is 0 Å². The zero-order chi connectivity index (χ0) is 18.0. The number of halogens is 2. The lowest BCUT2D eigenvalue weighted by atomic mass is 10.2. The topological polar surface area (TPSA) is 60.7 Å². The molecule has 128 valence electrons. The maximum absolute atomic E-state index is 12.6. The number of nitrogens with zero attached hydrogens (tertiary/aromatic N) is 2. The molecule has 1 amide bonds. The van der Waals surface area contributed by atoms with Gasteiger partial charge in [-0.1, -0.05) is 39.4 Å². The lowest BCUT2D eigenvalue weighted by Crippen LogP contribution is -2.22. The van der Waals surface area contributed by atoms with Gasteiger partial charge in [-0.05, 0) is 52.9 Å². The molecule has 2 aromatic carbocycles. The van der Waals surface area contributed by atoms with Crippen molar-refractivity contribution in [3.05, 3.63) is 60.9 Å². The number of thiazole rings is 1. The Labute approximate surface area is 169 Å². The minimum Gasteiger partial charge on any atom is -0.468 e. The van der Waals surface area contributed by atoms with Crippen LogP contribution in [0.25, 0.3) is 10.2 Å². The number of fused-ring (bicyclic) bond motifs is 1. The van der Waals surface area contributed by atoms with Gasteiger partial charge < -0.3 is 9.30 Å². The molecule has 0 aliphatic rings. The highest BCUT2D eigenvalue weighted by atomic mass is 127. The van der Waals surface area contributed by atoms with Gasteiger partial charge in [0, 0.05) is 8.04 Å². The standard InChI is InChI=1S/C17H12BrIN2O3S/c1-24-15(22)9-21-13-7-6-10(18)8-14(13)25-17(21)20-16(23)11-4-2-3-5-12(11)19/h2-8H,9H2,1H3. The van der Waals surface area contributed by atoms with Crippen molar-refractivity contribution in [3.8, 4) is 0 Å². The van der Waals surface area contributed by atoms with Crippen molar-refractivity contribution in [2.45, 2.75) is 6.54 Å². The van der Waals surface area contributed by atoms with Crippen LogP contribution in [0.5, 0.6) is 0 Å². The van der Waals surface area contributed by atoms with Gasteiger partial charge in [-0.15, -0.1) is 0 Å². The first kappa shape index (κ1) is 18.3. The monoisotopic (exact) mass is 530 g/mol. The quantitative estimate of drug-likeness (QED) is 0.380. The second kappa shape index (κ2) is 7.79. The number of ether oxygens (including phenoxy) is 1. The molecule has 8 heteroatoms. The van der Waals surface area contributed by atoms with Crippen molar-refractivity contribution in [2.24, 2.45) is 4.99 Å². The molecule has 0 saturated carbocycles. The zero-order valence-corrected chi connectivity index (χ0v) is 17.6. The molecule has 0 saturated heterocycles. The third kappa shape index (κ3) is 4.01. The first-order chi connectivity index (χ1) is 12.0. The number of amides is 1. The normalized spacial score (nSPS) is 11.7. The number of esters is 1. The van der Waals surface area contributed by atoms with Crippen molar-refractivity contribution in [3.63, 3.8) is 0 Å². The Morgan fingerprint density at radius 1 is 1.28 bits per heavy atom. The molecule has 0 N–H and O–H groups in total. The van der Waals surface area contributed by atoms with Crippen LogP contribution in [0, 0.1) is 3.57 Å². The molecule has 0 unspecified atom stereocenters. The van der Waals surface area contributed by atoms with Crippen molar-refractivity contribution in [2.75, 3.05) is 7.11 Å². The number of carbonyl (C=O) groups excluding carboxylic acids is 2. The molecule has 0 aliphatic heterocycles. The fourth-order valence-electron chi connectivity index (χ4n) is 2.26. The third-order valence-electron chi connectivity index (χ3n) is 3.46. The Morgan fingerprint density at radius 2 is 2.04 bits per heavy atom. The van der Waals surface area contributed by atoms with Crippen molar-refractivity contribution >= 4 is 72.0 Å². The first-order valence-electron chi connectivity index (χ1n) is 7.19. The minimum atomic E-state index is -0.397. The van der Waals surface area contributed by atoms with Gasteiger partial charge in [0.15, 0.2) is 4.80 Å².